The van der Waals surface area contributed by atoms with Crippen LogP contribution in [0.4, 0.5) is 10.8 Å². The fourth-order valence-electron chi connectivity index (χ4n) is 4.52. The number of benzene rings is 1. The van der Waals surface area contributed by atoms with Gasteiger partial charge >= 0.3 is 0 Å². The number of aromatic nitrogens is 2. The molecule has 0 bridgehead atoms. The largest absolute Gasteiger partial charge is 0.467 e. The van der Waals surface area contributed by atoms with Gasteiger partial charge in [0.25, 0.3) is 5.91 Å². The van der Waals surface area contributed by atoms with Crippen molar-refractivity contribution >= 4 is 28.1 Å². The van der Waals surface area contributed by atoms with Crippen LogP contribution in [0.15, 0.2) is 64.6 Å². The molecule has 1 aromatic carbocycles. The molecule has 1 aliphatic heterocycles. The summed E-state index contributed by atoms with van der Waals surface area (Å²) in [5.74, 6) is 0.918. The van der Waals surface area contributed by atoms with Crippen LogP contribution in [0.2, 0.25) is 0 Å². The van der Waals surface area contributed by atoms with E-state index in [0.29, 0.717) is 25.7 Å². The third-order valence-corrected chi connectivity index (χ3v) is 7.13. The van der Waals surface area contributed by atoms with Gasteiger partial charge in [-0.25, -0.2) is 4.98 Å². The lowest BCUT2D eigenvalue weighted by molar-refractivity contribution is 0.0746. The molecule has 4 heterocycles. The third kappa shape index (κ3) is 4.98. The molecular formula is C27H31N5O2S. The molecule has 0 unspecified atom stereocenters. The fourth-order valence-corrected chi connectivity index (χ4v) is 5.37. The van der Waals surface area contributed by atoms with Gasteiger partial charge < -0.3 is 24.1 Å². The molecule has 1 N–H and O–H groups in total. The minimum Gasteiger partial charge on any atom is -0.467 e. The van der Waals surface area contributed by atoms with Crippen molar-refractivity contribution in [2.24, 2.45) is 0 Å². The van der Waals surface area contributed by atoms with Crippen LogP contribution in [0, 0.1) is 6.92 Å². The Labute approximate surface area is 210 Å². The van der Waals surface area contributed by atoms with E-state index in [4.69, 9.17) is 9.40 Å². The van der Waals surface area contributed by atoms with Crippen molar-refractivity contribution in [1.29, 1.82) is 0 Å². The lowest BCUT2D eigenvalue weighted by atomic mass is 10.1. The fraction of sp³-hybridized carbons (Fsp3) is 0.333. The highest BCUT2D eigenvalue weighted by Gasteiger charge is 2.27. The second kappa shape index (κ2) is 10.00. The number of anilines is 2. The molecule has 1 aliphatic rings. The van der Waals surface area contributed by atoms with E-state index in [1.54, 1.807) is 17.6 Å². The number of nitrogens with one attached hydrogen (secondary N) is 1. The van der Waals surface area contributed by atoms with E-state index in [9.17, 15) is 4.79 Å². The Morgan fingerprint density at radius 3 is 2.57 bits per heavy atom. The maximum absolute atomic E-state index is 13.7. The van der Waals surface area contributed by atoms with Gasteiger partial charge in [0.05, 0.1) is 29.8 Å². The van der Waals surface area contributed by atoms with Crippen molar-refractivity contribution in [3.63, 3.8) is 0 Å². The van der Waals surface area contributed by atoms with E-state index in [1.807, 2.05) is 41.5 Å². The minimum atomic E-state index is 0.0745. The Hall–Kier alpha value is -3.52. The zero-order valence-electron chi connectivity index (χ0n) is 20.4. The van der Waals surface area contributed by atoms with Gasteiger partial charge in [0.1, 0.15) is 5.76 Å². The average molecular weight is 490 g/mol. The molecule has 0 radical (unpaired) electrons. The van der Waals surface area contributed by atoms with Gasteiger partial charge in [0.2, 0.25) is 0 Å². The summed E-state index contributed by atoms with van der Waals surface area (Å²) in [6.45, 7) is 9.80. The van der Waals surface area contributed by atoms with Crippen LogP contribution in [-0.2, 0) is 6.54 Å². The van der Waals surface area contributed by atoms with Gasteiger partial charge in [0.15, 0.2) is 5.13 Å². The van der Waals surface area contributed by atoms with Crippen molar-refractivity contribution in [2.45, 2.75) is 33.4 Å². The highest BCUT2D eigenvalue weighted by molar-refractivity contribution is 7.14. The molecule has 35 heavy (non-hydrogen) atoms. The Morgan fingerprint density at radius 2 is 1.89 bits per heavy atom. The Morgan fingerprint density at radius 1 is 1.11 bits per heavy atom. The van der Waals surface area contributed by atoms with Crippen molar-refractivity contribution in [3.8, 4) is 11.4 Å². The molecule has 0 aliphatic carbocycles. The molecule has 8 heteroatoms. The van der Waals surface area contributed by atoms with Crippen LogP contribution >= 0.6 is 11.3 Å². The Balaban J connectivity index is 1.41. The van der Waals surface area contributed by atoms with Crippen molar-refractivity contribution < 1.29 is 9.21 Å². The van der Waals surface area contributed by atoms with Gasteiger partial charge in [-0.3, -0.25) is 4.79 Å². The molecule has 3 aromatic heterocycles. The number of carbonyl (C=O) groups is 1. The van der Waals surface area contributed by atoms with Crippen LogP contribution in [0.1, 0.15) is 35.7 Å². The molecule has 5 rings (SSSR count). The number of amides is 1. The molecule has 0 spiro atoms. The highest BCUT2D eigenvalue weighted by Crippen LogP contribution is 2.31. The maximum Gasteiger partial charge on any atom is 0.255 e. The average Bonchev–Trinajstić information content (AvgIpc) is 3.61. The van der Waals surface area contributed by atoms with E-state index >= 15 is 0 Å². The zero-order chi connectivity index (χ0) is 24.4. The first kappa shape index (κ1) is 23.2. The van der Waals surface area contributed by atoms with E-state index < -0.39 is 0 Å². The number of nitrogens with zero attached hydrogens (tertiary/aromatic N) is 4. The van der Waals surface area contributed by atoms with Crippen LogP contribution in [0.3, 0.4) is 0 Å². The summed E-state index contributed by atoms with van der Waals surface area (Å²) in [6.07, 6.45) is 1.68. The second-order valence-electron chi connectivity index (χ2n) is 9.15. The topological polar surface area (TPSA) is 66.5 Å². The molecule has 0 atom stereocenters. The van der Waals surface area contributed by atoms with Crippen LogP contribution in [0.5, 0.6) is 0 Å². The van der Waals surface area contributed by atoms with Crippen molar-refractivity contribution in [2.75, 3.05) is 36.4 Å². The van der Waals surface area contributed by atoms with Gasteiger partial charge in [-0.05, 0) is 51.1 Å². The summed E-state index contributed by atoms with van der Waals surface area (Å²) in [7, 11) is 0. The van der Waals surface area contributed by atoms with Gasteiger partial charge in [-0.1, -0.05) is 18.2 Å². The van der Waals surface area contributed by atoms with E-state index in [1.165, 1.54) is 5.69 Å². The molecule has 1 fully saturated rings. The number of hydrogen-bond acceptors (Lipinski definition) is 6. The summed E-state index contributed by atoms with van der Waals surface area (Å²) in [5.41, 5.74) is 4.65. The summed E-state index contributed by atoms with van der Waals surface area (Å²) < 4.78 is 7.77. The summed E-state index contributed by atoms with van der Waals surface area (Å²) >= 11 is 1.58. The normalized spacial score (nSPS) is 14.1. The predicted octanol–water partition coefficient (Wildman–Crippen LogP) is 5.34. The van der Waals surface area contributed by atoms with Gasteiger partial charge in [-0.15, -0.1) is 11.3 Å². The number of thiazole rings is 1. The van der Waals surface area contributed by atoms with Crippen molar-refractivity contribution in [1.82, 2.24) is 14.5 Å². The monoisotopic (exact) mass is 489 g/mol. The molecule has 7 nitrogen and oxygen atoms in total. The van der Waals surface area contributed by atoms with Crippen molar-refractivity contribution in [3.05, 3.63) is 77.2 Å². The van der Waals surface area contributed by atoms with E-state index in [2.05, 4.69) is 52.9 Å². The Bertz CT molecular complexity index is 1270. The van der Waals surface area contributed by atoms with Gasteiger partial charge in [0, 0.05) is 49.0 Å². The number of furan rings is 1. The third-order valence-electron chi connectivity index (χ3n) is 6.36. The summed E-state index contributed by atoms with van der Waals surface area (Å²) in [4.78, 5) is 22.8. The molecule has 0 saturated carbocycles. The highest BCUT2D eigenvalue weighted by atomic mass is 32.1. The van der Waals surface area contributed by atoms with E-state index in [-0.39, 0.29) is 5.91 Å². The first-order valence-electron chi connectivity index (χ1n) is 12.0. The first-order valence-corrected chi connectivity index (χ1v) is 12.9. The zero-order valence-corrected chi connectivity index (χ0v) is 21.2. The van der Waals surface area contributed by atoms with E-state index in [0.717, 1.165) is 46.6 Å². The number of piperazine rings is 1. The number of hydrogen-bond donors (Lipinski definition) is 1. The van der Waals surface area contributed by atoms with Crippen LogP contribution in [0.25, 0.3) is 11.4 Å². The summed E-state index contributed by atoms with van der Waals surface area (Å²) in [6, 6.07) is 16.5. The summed E-state index contributed by atoms with van der Waals surface area (Å²) in [5, 5.41) is 6.30. The molecule has 182 valence electrons. The standard InChI is InChI=1S/C27H31N5O2S/c1-19(2)28-27-29-24(18-35-27)25-16-23(20(3)32(25)17-22-10-7-15-34-22)26(33)31-13-11-30(12-14-31)21-8-5-4-6-9-21/h4-10,15-16,18-19H,11-14,17H2,1-3H3,(H,28,29). The maximum atomic E-state index is 13.7. The molecule has 1 saturated heterocycles. The SMILES string of the molecule is Cc1c(C(=O)N2CCN(c3ccccc3)CC2)cc(-c2csc(NC(C)C)n2)n1Cc1ccco1. The lowest BCUT2D eigenvalue weighted by Gasteiger charge is -2.36. The number of para-hydroxylation sites is 1. The number of carbonyl (C=O) groups excluding carboxylic acids is 1. The van der Waals surface area contributed by atoms with Crippen LogP contribution < -0.4 is 10.2 Å². The molecule has 4 aromatic rings. The Kier molecular flexibility index (Phi) is 6.63. The van der Waals surface area contributed by atoms with Crippen LogP contribution in [-0.4, -0.2) is 52.6 Å². The molecular weight excluding hydrogens is 458 g/mol. The molecule has 1 amide bonds. The quantitative estimate of drug-likeness (QED) is 0.379. The smallest absolute Gasteiger partial charge is 0.255 e. The first-order chi connectivity index (χ1) is 17.0. The predicted molar refractivity (Wildman–Crippen MR) is 141 cm³/mol. The number of rotatable bonds is 7. The van der Waals surface area contributed by atoms with Gasteiger partial charge in [-0.2, -0.15) is 0 Å². The lowest BCUT2D eigenvalue weighted by Crippen LogP contribution is -2.48. The second-order valence-corrected chi connectivity index (χ2v) is 10.0. The minimum absolute atomic E-state index is 0.0745.